The summed E-state index contributed by atoms with van der Waals surface area (Å²) in [6.45, 7) is 2.88. The summed E-state index contributed by atoms with van der Waals surface area (Å²) in [4.78, 5) is 0. The maximum atomic E-state index is 13.6. The van der Waals surface area contributed by atoms with E-state index < -0.39 is 0 Å². The van der Waals surface area contributed by atoms with Gasteiger partial charge in [0, 0.05) is 0 Å². The number of hydrogen-bond acceptors (Lipinski definition) is 1. The molecule has 0 amide bonds. The second-order valence-corrected chi connectivity index (χ2v) is 4.36. The minimum atomic E-state index is -0.0404. The van der Waals surface area contributed by atoms with Crippen molar-refractivity contribution in [3.05, 3.63) is 35.1 Å². The van der Waals surface area contributed by atoms with Crippen molar-refractivity contribution in [1.29, 1.82) is 0 Å². The molecule has 2 N–H and O–H groups in total. The van der Waals surface area contributed by atoms with Crippen LogP contribution in [0.3, 0.4) is 0 Å². The second kappa shape index (κ2) is 4.31. The minimum absolute atomic E-state index is 0.0404. The number of rotatable bonds is 2. The van der Waals surface area contributed by atoms with Crippen molar-refractivity contribution >= 4 is 0 Å². The van der Waals surface area contributed by atoms with Gasteiger partial charge in [-0.15, -0.1) is 0 Å². The molecule has 2 unspecified atom stereocenters. The van der Waals surface area contributed by atoms with E-state index >= 15 is 0 Å². The van der Waals surface area contributed by atoms with Gasteiger partial charge in [-0.25, -0.2) is 4.39 Å². The Morgan fingerprint density at radius 3 is 2.93 bits per heavy atom. The SMILES string of the molecule is CCC1c2cccc(F)c2CCC1CN. The van der Waals surface area contributed by atoms with Gasteiger partial charge in [-0.3, -0.25) is 0 Å². The molecule has 0 fully saturated rings. The molecule has 0 spiro atoms. The molecule has 1 aliphatic rings. The number of hydrogen-bond donors (Lipinski definition) is 1. The van der Waals surface area contributed by atoms with Crippen molar-refractivity contribution in [2.45, 2.75) is 32.1 Å². The van der Waals surface area contributed by atoms with Gasteiger partial charge in [-0.2, -0.15) is 0 Å². The second-order valence-electron chi connectivity index (χ2n) is 4.36. The number of benzene rings is 1. The van der Waals surface area contributed by atoms with Crippen LogP contribution >= 0.6 is 0 Å². The van der Waals surface area contributed by atoms with E-state index in [1.807, 2.05) is 6.07 Å². The highest BCUT2D eigenvalue weighted by molar-refractivity contribution is 5.34. The highest BCUT2D eigenvalue weighted by Gasteiger charge is 2.28. The van der Waals surface area contributed by atoms with E-state index in [2.05, 4.69) is 13.0 Å². The Balaban J connectivity index is 2.41. The van der Waals surface area contributed by atoms with Crippen LogP contribution < -0.4 is 5.73 Å². The van der Waals surface area contributed by atoms with Gasteiger partial charge in [-0.05, 0) is 54.8 Å². The smallest absolute Gasteiger partial charge is 0.126 e. The molecule has 0 aliphatic heterocycles. The molecule has 15 heavy (non-hydrogen) atoms. The largest absolute Gasteiger partial charge is 0.330 e. The fraction of sp³-hybridized carbons (Fsp3) is 0.538. The lowest BCUT2D eigenvalue weighted by molar-refractivity contribution is 0.365. The molecule has 82 valence electrons. The topological polar surface area (TPSA) is 26.0 Å². The van der Waals surface area contributed by atoms with Gasteiger partial charge in [0.2, 0.25) is 0 Å². The quantitative estimate of drug-likeness (QED) is 0.793. The van der Waals surface area contributed by atoms with E-state index in [0.29, 0.717) is 18.4 Å². The molecule has 2 atom stereocenters. The van der Waals surface area contributed by atoms with E-state index in [1.165, 1.54) is 5.56 Å². The third-order valence-electron chi connectivity index (χ3n) is 3.63. The van der Waals surface area contributed by atoms with Crippen LogP contribution in [0.4, 0.5) is 4.39 Å². The lowest BCUT2D eigenvalue weighted by Gasteiger charge is -2.32. The fourth-order valence-corrected chi connectivity index (χ4v) is 2.81. The van der Waals surface area contributed by atoms with Crippen LogP contribution in [0.15, 0.2) is 18.2 Å². The van der Waals surface area contributed by atoms with Gasteiger partial charge in [0.15, 0.2) is 0 Å². The molecule has 2 rings (SSSR count). The Hall–Kier alpha value is -0.890. The lowest BCUT2D eigenvalue weighted by Crippen LogP contribution is -2.27. The molecule has 1 aromatic carbocycles. The normalized spacial score (nSPS) is 25.0. The van der Waals surface area contributed by atoms with Crippen molar-refractivity contribution in [2.75, 3.05) is 6.54 Å². The van der Waals surface area contributed by atoms with Crippen molar-refractivity contribution in [3.63, 3.8) is 0 Å². The maximum Gasteiger partial charge on any atom is 0.126 e. The first-order valence-corrected chi connectivity index (χ1v) is 5.75. The first kappa shape index (κ1) is 10.6. The zero-order valence-corrected chi connectivity index (χ0v) is 9.17. The van der Waals surface area contributed by atoms with Crippen LogP contribution in [0, 0.1) is 11.7 Å². The summed E-state index contributed by atoms with van der Waals surface area (Å²) < 4.78 is 13.6. The summed E-state index contributed by atoms with van der Waals surface area (Å²) in [5.41, 5.74) is 7.89. The molecule has 0 bridgehead atoms. The Kier molecular flexibility index (Phi) is 3.06. The van der Waals surface area contributed by atoms with Crippen molar-refractivity contribution < 1.29 is 4.39 Å². The lowest BCUT2D eigenvalue weighted by atomic mass is 9.74. The molecule has 0 radical (unpaired) electrons. The van der Waals surface area contributed by atoms with Crippen molar-refractivity contribution in [2.24, 2.45) is 11.7 Å². The molecule has 2 heteroatoms. The van der Waals surface area contributed by atoms with E-state index in [0.717, 1.165) is 24.8 Å². The van der Waals surface area contributed by atoms with Gasteiger partial charge < -0.3 is 5.73 Å². The molecular weight excluding hydrogens is 189 g/mol. The van der Waals surface area contributed by atoms with Crippen LogP contribution in [0.25, 0.3) is 0 Å². The predicted octanol–water partition coefficient (Wildman–Crippen LogP) is 2.84. The standard InChI is InChI=1S/C13H18FN/c1-2-10-9(8-15)6-7-12-11(10)4-3-5-13(12)14/h3-5,9-10H,2,6-8,15H2,1H3. The number of halogens is 1. The van der Waals surface area contributed by atoms with Crippen LogP contribution in [-0.4, -0.2) is 6.54 Å². The average molecular weight is 207 g/mol. The third-order valence-corrected chi connectivity index (χ3v) is 3.63. The highest BCUT2D eigenvalue weighted by Crippen LogP contribution is 2.38. The third kappa shape index (κ3) is 1.78. The Labute approximate surface area is 90.5 Å². The van der Waals surface area contributed by atoms with Crippen molar-refractivity contribution in [3.8, 4) is 0 Å². The van der Waals surface area contributed by atoms with Gasteiger partial charge in [0.05, 0.1) is 0 Å². The summed E-state index contributed by atoms with van der Waals surface area (Å²) in [5.74, 6) is 0.945. The van der Waals surface area contributed by atoms with E-state index in [4.69, 9.17) is 5.73 Å². The first-order valence-electron chi connectivity index (χ1n) is 5.75. The summed E-state index contributed by atoms with van der Waals surface area (Å²) in [5, 5.41) is 0. The summed E-state index contributed by atoms with van der Waals surface area (Å²) in [7, 11) is 0. The van der Waals surface area contributed by atoms with Gasteiger partial charge in [0.25, 0.3) is 0 Å². The molecule has 0 saturated heterocycles. The van der Waals surface area contributed by atoms with Gasteiger partial charge in [-0.1, -0.05) is 19.1 Å². The highest BCUT2D eigenvalue weighted by atomic mass is 19.1. The van der Waals surface area contributed by atoms with Crippen molar-refractivity contribution in [1.82, 2.24) is 0 Å². The van der Waals surface area contributed by atoms with Crippen LogP contribution in [0.5, 0.6) is 0 Å². The maximum absolute atomic E-state index is 13.6. The summed E-state index contributed by atoms with van der Waals surface area (Å²) in [6, 6.07) is 5.44. The molecule has 0 aromatic heterocycles. The van der Waals surface area contributed by atoms with E-state index in [1.54, 1.807) is 6.07 Å². The molecular formula is C13H18FN. The Morgan fingerprint density at radius 2 is 2.27 bits per heavy atom. The monoisotopic (exact) mass is 207 g/mol. The summed E-state index contributed by atoms with van der Waals surface area (Å²) in [6.07, 6.45) is 2.93. The Bertz CT molecular complexity index is 348. The molecule has 1 nitrogen and oxygen atoms in total. The van der Waals surface area contributed by atoms with E-state index in [9.17, 15) is 4.39 Å². The van der Waals surface area contributed by atoms with E-state index in [-0.39, 0.29) is 5.82 Å². The summed E-state index contributed by atoms with van der Waals surface area (Å²) >= 11 is 0. The zero-order valence-electron chi connectivity index (χ0n) is 9.17. The zero-order chi connectivity index (χ0) is 10.8. The molecule has 0 heterocycles. The van der Waals surface area contributed by atoms with Crippen LogP contribution in [0.2, 0.25) is 0 Å². The predicted molar refractivity (Wildman–Crippen MR) is 60.3 cm³/mol. The number of fused-ring (bicyclic) bond motifs is 1. The molecule has 0 saturated carbocycles. The first-order chi connectivity index (χ1) is 7.27. The molecule has 1 aliphatic carbocycles. The Morgan fingerprint density at radius 1 is 1.47 bits per heavy atom. The van der Waals surface area contributed by atoms with Gasteiger partial charge >= 0.3 is 0 Å². The van der Waals surface area contributed by atoms with Crippen LogP contribution in [-0.2, 0) is 6.42 Å². The fourth-order valence-electron chi connectivity index (χ4n) is 2.81. The molecule has 1 aromatic rings. The van der Waals surface area contributed by atoms with Crippen LogP contribution in [0.1, 0.15) is 36.8 Å². The minimum Gasteiger partial charge on any atom is -0.330 e. The average Bonchev–Trinajstić information content (AvgIpc) is 2.28. The number of nitrogens with two attached hydrogens (primary N) is 1. The van der Waals surface area contributed by atoms with Gasteiger partial charge in [0.1, 0.15) is 5.82 Å².